The van der Waals surface area contributed by atoms with Gasteiger partial charge in [-0.15, -0.1) is 0 Å². The van der Waals surface area contributed by atoms with Crippen LogP contribution in [-0.4, -0.2) is 12.5 Å². The van der Waals surface area contributed by atoms with Crippen LogP contribution in [0.1, 0.15) is 36.7 Å². The van der Waals surface area contributed by atoms with Gasteiger partial charge in [0.25, 0.3) is 5.91 Å². The van der Waals surface area contributed by atoms with Crippen molar-refractivity contribution in [3.8, 4) is 0 Å². The van der Waals surface area contributed by atoms with Crippen molar-refractivity contribution in [2.24, 2.45) is 5.41 Å². The highest BCUT2D eigenvalue weighted by Gasteiger charge is 2.32. The molecule has 0 unspecified atom stereocenters. The predicted octanol–water partition coefficient (Wildman–Crippen LogP) is 3.62. The van der Waals surface area contributed by atoms with Crippen molar-refractivity contribution in [2.45, 2.75) is 26.9 Å². The zero-order valence-corrected chi connectivity index (χ0v) is 10.9. The summed E-state index contributed by atoms with van der Waals surface area (Å²) in [7, 11) is 0. The molecule has 0 aromatic heterocycles. The van der Waals surface area contributed by atoms with E-state index in [1.54, 1.807) is 0 Å². The SMILES string of the molecule is CC(C)(C)CNC(=O)c1cc(C(F)(F)F)ccc1F. The van der Waals surface area contributed by atoms with Crippen LogP contribution in [0.3, 0.4) is 0 Å². The van der Waals surface area contributed by atoms with Crippen molar-refractivity contribution >= 4 is 5.91 Å². The fourth-order valence-corrected chi connectivity index (χ4v) is 1.32. The molecular weight excluding hydrogens is 262 g/mol. The third-order valence-corrected chi connectivity index (χ3v) is 2.32. The summed E-state index contributed by atoms with van der Waals surface area (Å²) in [6.45, 7) is 5.77. The maximum Gasteiger partial charge on any atom is 0.416 e. The monoisotopic (exact) mass is 277 g/mol. The smallest absolute Gasteiger partial charge is 0.351 e. The average molecular weight is 277 g/mol. The van der Waals surface area contributed by atoms with Crippen LogP contribution in [0.2, 0.25) is 0 Å². The first kappa shape index (κ1) is 15.5. The van der Waals surface area contributed by atoms with Crippen LogP contribution in [0.4, 0.5) is 17.6 Å². The van der Waals surface area contributed by atoms with E-state index < -0.39 is 29.0 Å². The van der Waals surface area contributed by atoms with E-state index in [1.807, 2.05) is 20.8 Å². The molecule has 0 heterocycles. The molecule has 0 bridgehead atoms. The minimum atomic E-state index is -4.60. The maximum absolute atomic E-state index is 13.4. The van der Waals surface area contributed by atoms with E-state index in [0.717, 1.165) is 0 Å². The number of benzene rings is 1. The van der Waals surface area contributed by atoms with Gasteiger partial charge in [-0.2, -0.15) is 13.2 Å². The number of halogens is 4. The minimum Gasteiger partial charge on any atom is -0.351 e. The number of alkyl halides is 3. The number of carbonyl (C=O) groups is 1. The Hall–Kier alpha value is -1.59. The Bertz CT molecular complexity index is 475. The molecule has 1 aromatic rings. The minimum absolute atomic E-state index is 0.238. The molecule has 6 heteroatoms. The highest BCUT2D eigenvalue weighted by Crippen LogP contribution is 2.30. The molecular formula is C13H15F4NO. The van der Waals surface area contributed by atoms with E-state index in [9.17, 15) is 22.4 Å². The van der Waals surface area contributed by atoms with E-state index in [4.69, 9.17) is 0 Å². The lowest BCUT2D eigenvalue weighted by molar-refractivity contribution is -0.137. The van der Waals surface area contributed by atoms with Crippen molar-refractivity contribution in [2.75, 3.05) is 6.54 Å². The zero-order valence-electron chi connectivity index (χ0n) is 10.9. The lowest BCUT2D eigenvalue weighted by Crippen LogP contribution is -2.32. The molecule has 0 aliphatic carbocycles. The molecule has 0 spiro atoms. The largest absolute Gasteiger partial charge is 0.416 e. The van der Waals surface area contributed by atoms with Gasteiger partial charge in [0.15, 0.2) is 0 Å². The van der Waals surface area contributed by atoms with Gasteiger partial charge < -0.3 is 5.32 Å². The van der Waals surface area contributed by atoms with Gasteiger partial charge in [-0.1, -0.05) is 20.8 Å². The van der Waals surface area contributed by atoms with E-state index in [-0.39, 0.29) is 12.0 Å². The highest BCUT2D eigenvalue weighted by atomic mass is 19.4. The Morgan fingerprint density at radius 2 is 1.79 bits per heavy atom. The van der Waals surface area contributed by atoms with E-state index in [0.29, 0.717) is 18.2 Å². The molecule has 0 atom stereocenters. The second-order valence-corrected chi connectivity index (χ2v) is 5.44. The Morgan fingerprint density at radius 1 is 1.21 bits per heavy atom. The lowest BCUT2D eigenvalue weighted by Gasteiger charge is -2.19. The Labute approximate surface area is 108 Å². The zero-order chi connectivity index (χ0) is 14.8. The molecule has 19 heavy (non-hydrogen) atoms. The number of nitrogens with one attached hydrogen (secondary N) is 1. The van der Waals surface area contributed by atoms with Crippen LogP contribution >= 0.6 is 0 Å². The Morgan fingerprint density at radius 3 is 2.26 bits per heavy atom. The summed E-state index contributed by atoms with van der Waals surface area (Å²) in [5, 5.41) is 2.41. The first-order valence-electron chi connectivity index (χ1n) is 5.66. The number of rotatable bonds is 2. The normalized spacial score (nSPS) is 12.4. The van der Waals surface area contributed by atoms with Crippen LogP contribution in [-0.2, 0) is 6.18 Å². The molecule has 0 aliphatic rings. The van der Waals surface area contributed by atoms with Gasteiger partial charge in [0.1, 0.15) is 5.82 Å². The summed E-state index contributed by atoms with van der Waals surface area (Å²) in [4.78, 5) is 11.7. The second kappa shape index (κ2) is 5.19. The molecule has 1 aromatic carbocycles. The van der Waals surface area contributed by atoms with Crippen LogP contribution in [0.15, 0.2) is 18.2 Å². The Kier molecular flexibility index (Phi) is 4.22. The molecule has 0 aliphatic heterocycles. The van der Waals surface area contributed by atoms with E-state index >= 15 is 0 Å². The first-order chi connectivity index (χ1) is 8.50. The van der Waals surface area contributed by atoms with Crippen LogP contribution in [0, 0.1) is 11.2 Å². The molecule has 1 N–H and O–H groups in total. The summed E-state index contributed by atoms with van der Waals surface area (Å²) >= 11 is 0. The standard InChI is InChI=1S/C13H15F4NO/c1-12(2,3)7-18-11(19)9-6-8(13(15,16)17)4-5-10(9)14/h4-6H,7H2,1-3H3,(H,18,19). The van der Waals surface area contributed by atoms with Gasteiger partial charge >= 0.3 is 6.18 Å². The molecule has 0 saturated carbocycles. The van der Waals surface area contributed by atoms with Gasteiger partial charge in [-0.3, -0.25) is 4.79 Å². The topological polar surface area (TPSA) is 29.1 Å². The van der Waals surface area contributed by atoms with Crippen molar-refractivity contribution in [1.29, 1.82) is 0 Å². The van der Waals surface area contributed by atoms with Crippen LogP contribution < -0.4 is 5.32 Å². The third-order valence-electron chi connectivity index (χ3n) is 2.32. The summed E-state index contributed by atoms with van der Waals surface area (Å²) < 4.78 is 50.9. The molecule has 2 nitrogen and oxygen atoms in total. The van der Waals surface area contributed by atoms with E-state index in [1.165, 1.54) is 0 Å². The number of amides is 1. The van der Waals surface area contributed by atoms with Crippen molar-refractivity contribution < 1.29 is 22.4 Å². The lowest BCUT2D eigenvalue weighted by atomic mass is 9.97. The summed E-state index contributed by atoms with van der Waals surface area (Å²) in [5.74, 6) is -1.82. The highest BCUT2D eigenvalue weighted by molar-refractivity contribution is 5.94. The quantitative estimate of drug-likeness (QED) is 0.822. The second-order valence-electron chi connectivity index (χ2n) is 5.44. The number of hydrogen-bond donors (Lipinski definition) is 1. The number of hydrogen-bond acceptors (Lipinski definition) is 1. The Balaban J connectivity index is 2.97. The van der Waals surface area contributed by atoms with Gasteiger partial charge in [-0.05, 0) is 23.6 Å². The summed E-state index contributed by atoms with van der Waals surface area (Å²) in [5.41, 5.74) is -1.89. The fourth-order valence-electron chi connectivity index (χ4n) is 1.32. The summed E-state index contributed by atoms with van der Waals surface area (Å²) in [6, 6.07) is 1.78. The molecule has 0 fully saturated rings. The average Bonchev–Trinajstić information content (AvgIpc) is 2.24. The molecule has 1 rings (SSSR count). The maximum atomic E-state index is 13.4. The molecule has 1 amide bonds. The van der Waals surface area contributed by atoms with Gasteiger partial charge in [0, 0.05) is 6.54 Å². The van der Waals surface area contributed by atoms with Crippen molar-refractivity contribution in [1.82, 2.24) is 5.32 Å². The fraction of sp³-hybridized carbons (Fsp3) is 0.462. The third kappa shape index (κ3) is 4.54. The number of carbonyl (C=O) groups excluding carboxylic acids is 1. The van der Waals surface area contributed by atoms with E-state index in [2.05, 4.69) is 5.32 Å². The molecule has 0 saturated heterocycles. The van der Waals surface area contributed by atoms with Gasteiger partial charge in [0.2, 0.25) is 0 Å². The molecule has 0 radical (unpaired) electrons. The van der Waals surface area contributed by atoms with Crippen LogP contribution in [0.5, 0.6) is 0 Å². The van der Waals surface area contributed by atoms with Crippen molar-refractivity contribution in [3.05, 3.63) is 35.1 Å². The predicted molar refractivity (Wildman–Crippen MR) is 63.2 cm³/mol. The first-order valence-corrected chi connectivity index (χ1v) is 5.66. The van der Waals surface area contributed by atoms with Crippen LogP contribution in [0.25, 0.3) is 0 Å². The summed E-state index contributed by atoms with van der Waals surface area (Å²) in [6.07, 6.45) is -4.60. The van der Waals surface area contributed by atoms with Gasteiger partial charge in [-0.25, -0.2) is 4.39 Å². The van der Waals surface area contributed by atoms with Gasteiger partial charge in [0.05, 0.1) is 11.1 Å². The van der Waals surface area contributed by atoms with Crippen molar-refractivity contribution in [3.63, 3.8) is 0 Å². The molecule has 106 valence electrons.